The summed E-state index contributed by atoms with van der Waals surface area (Å²) in [4.78, 5) is 15.7. The Bertz CT molecular complexity index is 5170. The minimum Gasteiger partial charge on any atom is -0.456 e. The van der Waals surface area contributed by atoms with Gasteiger partial charge >= 0.3 is 0 Å². The molecule has 0 aliphatic carbocycles. The summed E-state index contributed by atoms with van der Waals surface area (Å²) in [6.45, 7) is 0. The average Bonchev–Trinajstić information content (AvgIpc) is 4.35. The third-order valence-corrected chi connectivity index (χ3v) is 15.5. The highest BCUT2D eigenvalue weighted by molar-refractivity contribution is 6.17. The molecule has 0 bridgehead atoms. The van der Waals surface area contributed by atoms with Crippen LogP contribution in [0.15, 0.2) is 248 Å². The summed E-state index contributed by atoms with van der Waals surface area (Å²) in [6, 6.07) is 79.9. The molecule has 0 saturated carbocycles. The second kappa shape index (κ2) is 16.0. The molecule has 358 valence electrons. The minimum absolute atomic E-state index is 0.511. The number of aromatic nitrogens is 4. The predicted octanol–water partition coefficient (Wildman–Crippen LogP) is 18.9. The molecule has 0 atom stereocenters. The third kappa shape index (κ3) is 6.36. The second-order valence-corrected chi connectivity index (χ2v) is 19.8. The van der Waals surface area contributed by atoms with E-state index in [1.165, 1.54) is 21.8 Å². The van der Waals surface area contributed by atoms with E-state index in [4.69, 9.17) is 32.6 Å². The zero-order valence-electron chi connectivity index (χ0n) is 40.9. The summed E-state index contributed by atoms with van der Waals surface area (Å²) in [5.41, 5.74) is 16.5. The largest absolute Gasteiger partial charge is 0.456 e. The molecule has 0 unspecified atom stereocenters. The minimum atomic E-state index is 0.511. The van der Waals surface area contributed by atoms with E-state index >= 15 is 0 Å². The highest BCUT2D eigenvalue weighted by Crippen LogP contribution is 2.44. The van der Waals surface area contributed by atoms with Gasteiger partial charge < -0.3 is 22.2 Å². The molecule has 6 heterocycles. The molecule has 0 radical (unpaired) electrons. The molecule has 0 aliphatic rings. The van der Waals surface area contributed by atoms with Gasteiger partial charge in [0.15, 0.2) is 17.5 Å². The van der Waals surface area contributed by atoms with Crippen molar-refractivity contribution in [1.82, 2.24) is 19.5 Å². The average molecular weight is 987 g/mol. The quantitative estimate of drug-likeness (QED) is 0.164. The van der Waals surface area contributed by atoms with Crippen LogP contribution in [0, 0.1) is 0 Å². The molecule has 0 amide bonds. The van der Waals surface area contributed by atoms with Crippen LogP contribution in [-0.4, -0.2) is 19.5 Å². The van der Waals surface area contributed by atoms with E-state index in [-0.39, 0.29) is 0 Å². The van der Waals surface area contributed by atoms with E-state index in [1.807, 2.05) is 60.7 Å². The maximum absolute atomic E-state index is 6.66. The number of fused-ring (bicyclic) bond motifs is 15. The highest BCUT2D eigenvalue weighted by Gasteiger charge is 2.22. The lowest BCUT2D eigenvalue weighted by molar-refractivity contribution is 0.668. The van der Waals surface area contributed by atoms with E-state index in [2.05, 4.69) is 174 Å². The number of rotatable bonds is 6. The van der Waals surface area contributed by atoms with Crippen LogP contribution < -0.4 is 0 Å². The first-order valence-electron chi connectivity index (χ1n) is 25.7. The molecule has 0 N–H and O–H groups in total. The topological polar surface area (TPSA) is 96.2 Å². The van der Waals surface area contributed by atoms with Gasteiger partial charge in [-0.1, -0.05) is 127 Å². The lowest BCUT2D eigenvalue weighted by atomic mass is 9.95. The summed E-state index contributed by atoms with van der Waals surface area (Å²) in [7, 11) is 0. The Labute approximate surface area is 437 Å². The van der Waals surface area contributed by atoms with E-state index in [9.17, 15) is 0 Å². The van der Waals surface area contributed by atoms with Crippen molar-refractivity contribution in [3.05, 3.63) is 231 Å². The van der Waals surface area contributed by atoms with Crippen LogP contribution in [0.2, 0.25) is 0 Å². The number of hydrogen-bond donors (Lipinski definition) is 0. The Kier molecular flexibility index (Phi) is 8.68. The van der Waals surface area contributed by atoms with Crippen molar-refractivity contribution in [3.8, 4) is 62.1 Å². The van der Waals surface area contributed by atoms with Gasteiger partial charge in [-0.2, -0.15) is 0 Å². The molecular formula is C69H38N4O4. The highest BCUT2D eigenvalue weighted by atomic mass is 16.3. The normalized spacial score (nSPS) is 12.2. The van der Waals surface area contributed by atoms with Crippen LogP contribution in [0.25, 0.3) is 172 Å². The Morgan fingerprint density at radius 1 is 0.247 bits per heavy atom. The predicted molar refractivity (Wildman–Crippen MR) is 310 cm³/mol. The van der Waals surface area contributed by atoms with E-state index in [0.717, 1.165) is 132 Å². The first-order valence-corrected chi connectivity index (χ1v) is 25.7. The number of hydrogen-bond acceptors (Lipinski definition) is 7. The van der Waals surface area contributed by atoms with Crippen molar-refractivity contribution in [2.45, 2.75) is 0 Å². The molecule has 17 aromatic rings. The summed E-state index contributed by atoms with van der Waals surface area (Å²) in [5, 5.41) is 10.5. The van der Waals surface area contributed by atoms with Crippen LogP contribution in [0.1, 0.15) is 0 Å². The van der Waals surface area contributed by atoms with E-state index in [1.54, 1.807) is 0 Å². The molecule has 0 saturated heterocycles. The van der Waals surface area contributed by atoms with Crippen LogP contribution in [0.3, 0.4) is 0 Å². The Morgan fingerprint density at radius 3 is 1.35 bits per heavy atom. The van der Waals surface area contributed by atoms with Gasteiger partial charge in [-0.3, -0.25) is 0 Å². The SMILES string of the molecule is c1ccc(-n2c3ccccc3c3cc(-c4ccc5oc6cccc(-c7ccc8oc9cccc(-c%10nc(-c%11ccc%12c(c%11)oc%11ccccc%11%12)nc(-c%11ccc%12c(c%11)oc%11ccccc%11%12)n%10)c9c8c7)c6c5c4)ccc32)cc1. The molecule has 8 nitrogen and oxygen atoms in total. The Hall–Kier alpha value is -10.6. The van der Waals surface area contributed by atoms with Crippen molar-refractivity contribution < 1.29 is 17.7 Å². The van der Waals surface area contributed by atoms with Gasteiger partial charge in [0.1, 0.15) is 44.7 Å². The van der Waals surface area contributed by atoms with Crippen molar-refractivity contribution in [3.63, 3.8) is 0 Å². The van der Waals surface area contributed by atoms with Gasteiger partial charge in [0.2, 0.25) is 0 Å². The zero-order valence-corrected chi connectivity index (χ0v) is 40.9. The summed E-state index contributed by atoms with van der Waals surface area (Å²) < 4.78 is 28.4. The van der Waals surface area contributed by atoms with Crippen molar-refractivity contribution in [2.75, 3.05) is 0 Å². The molecule has 0 spiro atoms. The number of nitrogens with zero attached hydrogens (tertiary/aromatic N) is 4. The summed E-state index contributed by atoms with van der Waals surface area (Å²) >= 11 is 0. The first-order chi connectivity index (χ1) is 38.1. The van der Waals surface area contributed by atoms with Gasteiger partial charge in [0, 0.05) is 76.2 Å². The number of furan rings is 4. The van der Waals surface area contributed by atoms with Crippen LogP contribution in [-0.2, 0) is 0 Å². The van der Waals surface area contributed by atoms with E-state index < -0.39 is 0 Å². The van der Waals surface area contributed by atoms with Crippen LogP contribution in [0.4, 0.5) is 0 Å². The van der Waals surface area contributed by atoms with Crippen LogP contribution in [0.5, 0.6) is 0 Å². The zero-order chi connectivity index (χ0) is 50.3. The summed E-state index contributed by atoms with van der Waals surface area (Å²) in [6.07, 6.45) is 0. The molecule has 17 rings (SSSR count). The van der Waals surface area contributed by atoms with Gasteiger partial charge in [-0.15, -0.1) is 0 Å². The van der Waals surface area contributed by atoms with Gasteiger partial charge in [0.05, 0.1) is 11.0 Å². The smallest absolute Gasteiger partial charge is 0.164 e. The number of benzene rings is 11. The van der Waals surface area contributed by atoms with E-state index in [0.29, 0.717) is 17.5 Å². The summed E-state index contributed by atoms with van der Waals surface area (Å²) in [5.74, 6) is 1.54. The molecular weight excluding hydrogens is 949 g/mol. The first kappa shape index (κ1) is 41.9. The Balaban J connectivity index is 0.820. The molecule has 0 aliphatic heterocycles. The second-order valence-electron chi connectivity index (χ2n) is 19.8. The fourth-order valence-corrected chi connectivity index (χ4v) is 11.9. The third-order valence-electron chi connectivity index (χ3n) is 15.5. The van der Waals surface area contributed by atoms with Crippen molar-refractivity contribution >= 4 is 110 Å². The molecule has 77 heavy (non-hydrogen) atoms. The van der Waals surface area contributed by atoms with Crippen molar-refractivity contribution in [2.24, 2.45) is 0 Å². The maximum atomic E-state index is 6.66. The Morgan fingerprint density at radius 2 is 0.688 bits per heavy atom. The lowest BCUT2D eigenvalue weighted by Gasteiger charge is -2.10. The fraction of sp³-hybridized carbons (Fsp3) is 0. The molecule has 8 heteroatoms. The molecule has 11 aromatic carbocycles. The van der Waals surface area contributed by atoms with Crippen LogP contribution >= 0.6 is 0 Å². The fourth-order valence-electron chi connectivity index (χ4n) is 11.9. The lowest BCUT2D eigenvalue weighted by Crippen LogP contribution is -2.00. The van der Waals surface area contributed by atoms with Gasteiger partial charge in [-0.05, 0) is 125 Å². The van der Waals surface area contributed by atoms with Gasteiger partial charge in [0.25, 0.3) is 0 Å². The number of para-hydroxylation sites is 4. The van der Waals surface area contributed by atoms with Gasteiger partial charge in [-0.25, -0.2) is 15.0 Å². The van der Waals surface area contributed by atoms with Crippen molar-refractivity contribution in [1.29, 1.82) is 0 Å². The maximum Gasteiger partial charge on any atom is 0.164 e. The molecule has 0 fully saturated rings. The molecule has 6 aromatic heterocycles. The standard InChI is InChI=1S/C69H38N4O4/c1-2-12-44(13-3-1)73-55-19-7-4-14-46(55)52-34-39(26-31-56(52)73)40-27-32-59-53(35-40)65-45(17-10-22-61(65)74-59)41-28-33-60-54(36-41)66-51(18-11-23-62(66)75-60)69-71-67(42-24-29-49-47-15-5-8-20-57(47)76-63(49)37-42)70-68(72-69)43-25-30-50-48-16-6-9-21-58(48)77-64(50)38-43/h1-38H. The monoisotopic (exact) mass is 986 g/mol.